The van der Waals surface area contributed by atoms with Crippen LogP contribution in [0.1, 0.15) is 18.9 Å². The Morgan fingerprint density at radius 3 is 2.89 bits per heavy atom. The summed E-state index contributed by atoms with van der Waals surface area (Å²) in [4.78, 5) is 13.0. The number of piperidine rings is 1. The van der Waals surface area contributed by atoms with E-state index in [1.807, 2.05) is 12.1 Å². The van der Waals surface area contributed by atoms with Crippen LogP contribution >= 0.6 is 15.9 Å². The highest BCUT2D eigenvalue weighted by Gasteiger charge is 2.24. The number of hydrogen-bond acceptors (Lipinski definition) is 4. The van der Waals surface area contributed by atoms with Gasteiger partial charge in [-0.3, -0.25) is 15.0 Å². The van der Waals surface area contributed by atoms with E-state index < -0.39 is 0 Å². The van der Waals surface area contributed by atoms with E-state index >= 15 is 0 Å². The summed E-state index contributed by atoms with van der Waals surface area (Å²) in [5.74, 6) is 0.540. The van der Waals surface area contributed by atoms with Gasteiger partial charge in [0, 0.05) is 41.8 Å². The van der Waals surface area contributed by atoms with Crippen molar-refractivity contribution in [2.45, 2.75) is 25.9 Å². The Kier molecular flexibility index (Phi) is 4.54. The van der Waals surface area contributed by atoms with Crippen LogP contribution in [0.3, 0.4) is 0 Å². The van der Waals surface area contributed by atoms with Crippen LogP contribution in [-0.4, -0.2) is 29.0 Å². The Morgan fingerprint density at radius 2 is 2.26 bits per heavy atom. The summed E-state index contributed by atoms with van der Waals surface area (Å²) in [6.45, 7) is 4.50. The number of likely N-dealkylation sites (tertiary alicyclic amines) is 1. The van der Waals surface area contributed by atoms with Crippen LogP contribution in [0.25, 0.3) is 0 Å². The fourth-order valence-corrected chi connectivity index (χ4v) is 3.07. The van der Waals surface area contributed by atoms with Gasteiger partial charge in [-0.25, -0.2) is 0 Å². The molecule has 2 rings (SSSR count). The third-order valence-electron chi connectivity index (χ3n) is 3.41. The molecule has 1 aromatic rings. The predicted octanol–water partition coefficient (Wildman–Crippen LogP) is 2.53. The lowest BCUT2D eigenvalue weighted by molar-refractivity contribution is -0.385. The van der Waals surface area contributed by atoms with Crippen molar-refractivity contribution in [2.24, 2.45) is 11.7 Å². The summed E-state index contributed by atoms with van der Waals surface area (Å²) in [7, 11) is 0. The molecule has 0 aromatic heterocycles. The molecule has 2 unspecified atom stereocenters. The van der Waals surface area contributed by atoms with Gasteiger partial charge in [0.2, 0.25) is 0 Å². The average molecular weight is 328 g/mol. The zero-order chi connectivity index (χ0) is 14.0. The first-order chi connectivity index (χ1) is 8.95. The largest absolute Gasteiger partial charge is 0.327 e. The van der Waals surface area contributed by atoms with Crippen LogP contribution in [0.5, 0.6) is 0 Å². The number of nitrogens with two attached hydrogens (primary N) is 1. The molecule has 5 nitrogen and oxygen atoms in total. The molecule has 0 amide bonds. The van der Waals surface area contributed by atoms with E-state index in [1.165, 1.54) is 0 Å². The molecule has 0 spiro atoms. The molecule has 0 bridgehead atoms. The fourth-order valence-electron chi connectivity index (χ4n) is 2.72. The highest BCUT2D eigenvalue weighted by molar-refractivity contribution is 9.10. The van der Waals surface area contributed by atoms with E-state index in [0.29, 0.717) is 12.5 Å². The summed E-state index contributed by atoms with van der Waals surface area (Å²) >= 11 is 3.27. The molecule has 1 aliphatic heterocycles. The van der Waals surface area contributed by atoms with E-state index in [1.54, 1.807) is 6.07 Å². The Bertz CT molecular complexity index is 471. The van der Waals surface area contributed by atoms with Gasteiger partial charge in [-0.05, 0) is 24.5 Å². The van der Waals surface area contributed by atoms with Crippen LogP contribution in [0.15, 0.2) is 22.7 Å². The molecule has 0 radical (unpaired) electrons. The second-order valence-electron chi connectivity index (χ2n) is 5.33. The highest BCUT2D eigenvalue weighted by Crippen LogP contribution is 2.26. The minimum atomic E-state index is -0.326. The van der Waals surface area contributed by atoms with Crippen molar-refractivity contribution in [3.8, 4) is 0 Å². The van der Waals surface area contributed by atoms with E-state index in [2.05, 4.69) is 27.8 Å². The van der Waals surface area contributed by atoms with Gasteiger partial charge in [-0.15, -0.1) is 0 Å². The van der Waals surface area contributed by atoms with E-state index in [9.17, 15) is 10.1 Å². The lowest BCUT2D eigenvalue weighted by Gasteiger charge is -2.34. The zero-order valence-electron chi connectivity index (χ0n) is 10.9. The molecule has 1 saturated heterocycles. The maximum atomic E-state index is 11.1. The molecule has 2 N–H and O–H groups in total. The number of nitrogens with zero attached hydrogens (tertiary/aromatic N) is 2. The minimum Gasteiger partial charge on any atom is -0.327 e. The van der Waals surface area contributed by atoms with E-state index in [-0.39, 0.29) is 16.7 Å². The number of benzene rings is 1. The molecule has 19 heavy (non-hydrogen) atoms. The Balaban J connectivity index is 2.16. The molecule has 0 saturated carbocycles. The summed E-state index contributed by atoms with van der Waals surface area (Å²) in [5, 5.41) is 11.1. The molecular formula is C13H18BrN3O2. The van der Waals surface area contributed by atoms with Crippen LogP contribution in [-0.2, 0) is 6.54 Å². The van der Waals surface area contributed by atoms with Gasteiger partial charge in [-0.2, -0.15) is 0 Å². The highest BCUT2D eigenvalue weighted by atomic mass is 79.9. The van der Waals surface area contributed by atoms with Crippen molar-refractivity contribution < 1.29 is 4.92 Å². The summed E-state index contributed by atoms with van der Waals surface area (Å²) < 4.78 is 0.728. The third-order valence-corrected chi connectivity index (χ3v) is 3.90. The summed E-state index contributed by atoms with van der Waals surface area (Å²) in [5.41, 5.74) is 6.92. The lowest BCUT2D eigenvalue weighted by atomic mass is 9.96. The molecule has 1 heterocycles. The van der Waals surface area contributed by atoms with E-state index in [0.717, 1.165) is 29.5 Å². The first-order valence-electron chi connectivity index (χ1n) is 6.36. The summed E-state index contributed by atoms with van der Waals surface area (Å²) in [6.07, 6.45) is 1.03. The van der Waals surface area contributed by atoms with Crippen molar-refractivity contribution in [2.75, 3.05) is 13.1 Å². The predicted molar refractivity (Wildman–Crippen MR) is 77.8 cm³/mol. The molecule has 6 heteroatoms. The van der Waals surface area contributed by atoms with Crippen LogP contribution in [0.2, 0.25) is 0 Å². The van der Waals surface area contributed by atoms with Crippen molar-refractivity contribution >= 4 is 21.6 Å². The van der Waals surface area contributed by atoms with Crippen LogP contribution in [0, 0.1) is 16.0 Å². The van der Waals surface area contributed by atoms with Gasteiger partial charge in [0.15, 0.2) is 0 Å². The van der Waals surface area contributed by atoms with Gasteiger partial charge in [0.05, 0.1) is 4.92 Å². The SMILES string of the molecule is CC1CC(N)CN(Cc2ccc(Br)cc2[N+](=O)[O-])C1. The standard InChI is InChI=1S/C13H18BrN3O2/c1-9-4-12(15)8-16(6-9)7-10-2-3-11(14)5-13(10)17(18)19/h2-3,5,9,12H,4,6-8,15H2,1H3. The van der Waals surface area contributed by atoms with Gasteiger partial charge in [0.25, 0.3) is 5.69 Å². The zero-order valence-corrected chi connectivity index (χ0v) is 12.5. The number of rotatable bonds is 3. The second-order valence-corrected chi connectivity index (χ2v) is 6.24. The second kappa shape index (κ2) is 5.98. The maximum absolute atomic E-state index is 11.1. The maximum Gasteiger partial charge on any atom is 0.275 e. The minimum absolute atomic E-state index is 0.165. The Labute approximate surface area is 121 Å². The molecule has 104 valence electrons. The van der Waals surface area contributed by atoms with Crippen LogP contribution in [0.4, 0.5) is 5.69 Å². The molecular weight excluding hydrogens is 310 g/mol. The number of hydrogen-bond donors (Lipinski definition) is 1. The smallest absolute Gasteiger partial charge is 0.275 e. The molecule has 2 atom stereocenters. The van der Waals surface area contributed by atoms with Crippen molar-refractivity contribution in [1.29, 1.82) is 0 Å². The lowest BCUT2D eigenvalue weighted by Crippen LogP contribution is -2.45. The van der Waals surface area contributed by atoms with Gasteiger partial charge in [-0.1, -0.05) is 22.9 Å². The summed E-state index contributed by atoms with van der Waals surface area (Å²) in [6, 6.07) is 5.38. The first-order valence-corrected chi connectivity index (χ1v) is 7.15. The number of nitro benzene ring substituents is 1. The molecule has 1 fully saturated rings. The fraction of sp³-hybridized carbons (Fsp3) is 0.538. The number of nitro groups is 1. The van der Waals surface area contributed by atoms with Crippen LogP contribution < -0.4 is 5.73 Å². The van der Waals surface area contributed by atoms with Gasteiger partial charge >= 0.3 is 0 Å². The van der Waals surface area contributed by atoms with Crippen molar-refractivity contribution in [3.05, 3.63) is 38.3 Å². The third kappa shape index (κ3) is 3.75. The van der Waals surface area contributed by atoms with Gasteiger partial charge in [0.1, 0.15) is 0 Å². The monoisotopic (exact) mass is 327 g/mol. The van der Waals surface area contributed by atoms with E-state index in [4.69, 9.17) is 5.73 Å². The topological polar surface area (TPSA) is 72.4 Å². The molecule has 0 aliphatic carbocycles. The Morgan fingerprint density at radius 1 is 1.53 bits per heavy atom. The molecule has 1 aliphatic rings. The average Bonchev–Trinajstić information content (AvgIpc) is 2.30. The van der Waals surface area contributed by atoms with Crippen molar-refractivity contribution in [1.82, 2.24) is 4.90 Å². The first kappa shape index (κ1) is 14.4. The normalized spacial score (nSPS) is 24.4. The van der Waals surface area contributed by atoms with Crippen molar-refractivity contribution in [3.63, 3.8) is 0 Å². The quantitative estimate of drug-likeness (QED) is 0.684. The van der Waals surface area contributed by atoms with Gasteiger partial charge < -0.3 is 5.73 Å². The molecule has 1 aromatic carbocycles. The number of halogens is 1. The Hall–Kier alpha value is -0.980.